The van der Waals surface area contributed by atoms with Crippen molar-refractivity contribution in [3.05, 3.63) is 42.0 Å². The minimum absolute atomic E-state index is 0. The zero-order valence-electron chi connectivity index (χ0n) is 19.1. The SMILES string of the molecule is C.C1CCC1.C=C(N=C(C)CCCCCC)c1ccc(C=O)cc1.CCC(C)C. The standard InChI is InChI=1S/C17H23NO.C5H12.C4H8.CH4/c1-4-5-6-7-8-14(2)18-15(3)17-11-9-16(13-19)10-12-17;1-4-5(2)3;1-2-4-3-1;/h9-13H,3-8H2,1-2H3;5H,4H2,1-3H3;1-4H2;1H4. The molecular formula is C27H47NO. The number of aldehydes is 1. The maximum absolute atomic E-state index is 10.6. The number of hydrogen-bond donors (Lipinski definition) is 0. The first-order chi connectivity index (χ1) is 13.4. The van der Waals surface area contributed by atoms with Gasteiger partial charge in [0.15, 0.2) is 0 Å². The van der Waals surface area contributed by atoms with Crippen molar-refractivity contribution in [2.45, 2.75) is 106 Å². The average molecular weight is 402 g/mol. The van der Waals surface area contributed by atoms with Gasteiger partial charge in [0.05, 0.1) is 5.70 Å². The van der Waals surface area contributed by atoms with E-state index in [0.717, 1.165) is 35.6 Å². The van der Waals surface area contributed by atoms with E-state index in [1.165, 1.54) is 57.8 Å². The highest BCUT2D eigenvalue weighted by Gasteiger charge is 1.99. The number of hydrogen-bond acceptors (Lipinski definition) is 2. The van der Waals surface area contributed by atoms with Crippen LogP contribution >= 0.6 is 0 Å². The molecule has 0 spiro atoms. The molecule has 1 saturated carbocycles. The number of aliphatic imine (C=N–C) groups is 1. The largest absolute Gasteiger partial charge is 0.298 e. The van der Waals surface area contributed by atoms with Gasteiger partial charge in [-0.15, -0.1) is 0 Å². The van der Waals surface area contributed by atoms with Gasteiger partial charge >= 0.3 is 0 Å². The van der Waals surface area contributed by atoms with Crippen LogP contribution in [0, 0.1) is 5.92 Å². The predicted octanol–water partition coefficient (Wildman–Crippen LogP) is 9.15. The zero-order chi connectivity index (χ0) is 21.2. The van der Waals surface area contributed by atoms with E-state index in [9.17, 15) is 4.79 Å². The highest BCUT2D eigenvalue weighted by atomic mass is 16.1. The molecule has 1 fully saturated rings. The molecule has 0 unspecified atom stereocenters. The molecule has 0 atom stereocenters. The number of carbonyl (C=O) groups is 1. The summed E-state index contributed by atoms with van der Waals surface area (Å²) in [6.07, 6.45) is 14.2. The number of carbonyl (C=O) groups excluding carboxylic acids is 1. The Labute approximate surface area is 181 Å². The Morgan fingerprint density at radius 3 is 1.93 bits per heavy atom. The molecule has 1 aliphatic rings. The van der Waals surface area contributed by atoms with E-state index in [1.807, 2.05) is 12.1 Å². The van der Waals surface area contributed by atoms with Crippen LogP contribution in [0.25, 0.3) is 5.70 Å². The molecule has 1 aliphatic carbocycles. The summed E-state index contributed by atoms with van der Waals surface area (Å²) < 4.78 is 0. The quantitative estimate of drug-likeness (QED) is 0.230. The second-order valence-electron chi connectivity index (χ2n) is 8.06. The smallest absolute Gasteiger partial charge is 0.150 e. The van der Waals surface area contributed by atoms with Gasteiger partial charge in [0.1, 0.15) is 6.29 Å². The number of unbranched alkanes of at least 4 members (excludes halogenated alkanes) is 3. The zero-order valence-corrected chi connectivity index (χ0v) is 19.1. The van der Waals surface area contributed by atoms with Crippen LogP contribution in [-0.4, -0.2) is 12.0 Å². The predicted molar refractivity (Wildman–Crippen MR) is 133 cm³/mol. The third kappa shape index (κ3) is 16.9. The lowest BCUT2D eigenvalue weighted by atomic mass is 10.0. The fourth-order valence-corrected chi connectivity index (χ4v) is 2.16. The summed E-state index contributed by atoms with van der Waals surface area (Å²) in [4.78, 5) is 15.1. The molecule has 2 nitrogen and oxygen atoms in total. The minimum Gasteiger partial charge on any atom is -0.298 e. The first-order valence-corrected chi connectivity index (χ1v) is 11.2. The summed E-state index contributed by atoms with van der Waals surface area (Å²) in [5, 5.41) is 0. The maximum Gasteiger partial charge on any atom is 0.150 e. The van der Waals surface area contributed by atoms with Gasteiger partial charge in [0.2, 0.25) is 0 Å². The normalized spacial score (nSPS) is 12.4. The van der Waals surface area contributed by atoms with Crippen molar-refractivity contribution in [2.75, 3.05) is 0 Å². The molecule has 2 rings (SSSR count). The third-order valence-corrected chi connectivity index (χ3v) is 4.91. The summed E-state index contributed by atoms with van der Waals surface area (Å²) in [7, 11) is 0. The molecule has 0 N–H and O–H groups in total. The molecule has 166 valence electrons. The molecule has 0 saturated heterocycles. The summed E-state index contributed by atoms with van der Waals surface area (Å²) in [5.74, 6) is 0.884. The summed E-state index contributed by atoms with van der Waals surface area (Å²) in [5.41, 5.74) is 3.54. The van der Waals surface area contributed by atoms with E-state index in [4.69, 9.17) is 0 Å². The Kier molecular flexibility index (Phi) is 19.9. The van der Waals surface area contributed by atoms with E-state index in [-0.39, 0.29) is 7.43 Å². The Morgan fingerprint density at radius 1 is 1.03 bits per heavy atom. The molecule has 1 aromatic carbocycles. The molecule has 0 amide bonds. The number of nitrogens with zero attached hydrogens (tertiary/aromatic N) is 1. The Balaban J connectivity index is 0. The van der Waals surface area contributed by atoms with E-state index < -0.39 is 0 Å². The minimum atomic E-state index is 0. The van der Waals surface area contributed by atoms with Gasteiger partial charge in [-0.3, -0.25) is 9.79 Å². The van der Waals surface area contributed by atoms with Crippen molar-refractivity contribution in [3.63, 3.8) is 0 Å². The lowest BCUT2D eigenvalue weighted by Gasteiger charge is -2.05. The van der Waals surface area contributed by atoms with Crippen molar-refractivity contribution in [1.82, 2.24) is 0 Å². The van der Waals surface area contributed by atoms with Gasteiger partial charge in [-0.1, -0.05) is 117 Å². The van der Waals surface area contributed by atoms with Crippen LogP contribution in [0.2, 0.25) is 0 Å². The lowest BCUT2D eigenvalue weighted by molar-refractivity contribution is 0.112. The van der Waals surface area contributed by atoms with Crippen LogP contribution in [0.15, 0.2) is 35.8 Å². The van der Waals surface area contributed by atoms with Gasteiger partial charge in [0, 0.05) is 11.3 Å². The maximum atomic E-state index is 10.6. The van der Waals surface area contributed by atoms with Gasteiger partial charge in [-0.2, -0.15) is 0 Å². The van der Waals surface area contributed by atoms with E-state index in [1.54, 1.807) is 12.1 Å². The van der Waals surface area contributed by atoms with Crippen molar-refractivity contribution < 1.29 is 4.79 Å². The first-order valence-electron chi connectivity index (χ1n) is 11.2. The van der Waals surface area contributed by atoms with Crippen LogP contribution in [0.4, 0.5) is 0 Å². The average Bonchev–Trinajstić information content (AvgIpc) is 2.64. The Morgan fingerprint density at radius 2 is 1.55 bits per heavy atom. The summed E-state index contributed by atoms with van der Waals surface area (Å²) >= 11 is 0. The van der Waals surface area contributed by atoms with Gasteiger partial charge in [-0.05, 0) is 31.2 Å². The van der Waals surface area contributed by atoms with Crippen molar-refractivity contribution in [1.29, 1.82) is 0 Å². The lowest BCUT2D eigenvalue weighted by Crippen LogP contribution is -1.93. The van der Waals surface area contributed by atoms with E-state index in [2.05, 4.69) is 46.2 Å². The van der Waals surface area contributed by atoms with Crippen molar-refractivity contribution >= 4 is 17.7 Å². The van der Waals surface area contributed by atoms with Gasteiger partial charge < -0.3 is 0 Å². The van der Waals surface area contributed by atoms with Gasteiger partial charge in [-0.25, -0.2) is 0 Å². The molecule has 2 heteroatoms. The highest BCUT2D eigenvalue weighted by Crippen LogP contribution is 2.16. The molecule has 1 aromatic rings. The van der Waals surface area contributed by atoms with Crippen LogP contribution in [-0.2, 0) is 0 Å². The van der Waals surface area contributed by atoms with E-state index >= 15 is 0 Å². The van der Waals surface area contributed by atoms with E-state index in [0.29, 0.717) is 5.56 Å². The van der Waals surface area contributed by atoms with Gasteiger partial charge in [0.25, 0.3) is 0 Å². The third-order valence-electron chi connectivity index (χ3n) is 4.91. The van der Waals surface area contributed by atoms with Crippen molar-refractivity contribution in [3.8, 4) is 0 Å². The van der Waals surface area contributed by atoms with Crippen LogP contribution < -0.4 is 0 Å². The Hall–Kier alpha value is -1.70. The number of rotatable bonds is 9. The molecular weight excluding hydrogens is 354 g/mol. The molecule has 0 aliphatic heterocycles. The molecule has 0 aromatic heterocycles. The molecule has 0 radical (unpaired) electrons. The molecule has 0 heterocycles. The van der Waals surface area contributed by atoms with Crippen LogP contribution in [0.5, 0.6) is 0 Å². The second-order valence-corrected chi connectivity index (χ2v) is 8.06. The topological polar surface area (TPSA) is 29.4 Å². The summed E-state index contributed by atoms with van der Waals surface area (Å²) in [6.45, 7) is 14.9. The molecule has 29 heavy (non-hydrogen) atoms. The first kappa shape index (κ1) is 29.5. The van der Waals surface area contributed by atoms with Crippen LogP contribution in [0.1, 0.15) is 122 Å². The summed E-state index contributed by atoms with van der Waals surface area (Å²) in [6, 6.07) is 7.36. The monoisotopic (exact) mass is 401 g/mol. The fraction of sp³-hybridized carbons (Fsp3) is 0.630. The number of benzene rings is 1. The fourth-order valence-electron chi connectivity index (χ4n) is 2.16. The Bertz CT molecular complexity index is 546. The van der Waals surface area contributed by atoms with Crippen molar-refractivity contribution in [2.24, 2.45) is 10.9 Å². The molecule has 0 bridgehead atoms. The second kappa shape index (κ2) is 19.6. The van der Waals surface area contributed by atoms with Crippen LogP contribution in [0.3, 0.4) is 0 Å². The highest BCUT2D eigenvalue weighted by molar-refractivity contribution is 5.87.